The van der Waals surface area contributed by atoms with E-state index in [9.17, 15) is 5.11 Å². The van der Waals surface area contributed by atoms with Crippen LogP contribution in [0.25, 0.3) is 0 Å². The molecule has 4 nitrogen and oxygen atoms in total. The number of hydrogen-bond acceptors (Lipinski definition) is 4. The second kappa shape index (κ2) is 6.09. The third-order valence-electron chi connectivity index (χ3n) is 2.88. The Balaban J connectivity index is 2.38. The van der Waals surface area contributed by atoms with Gasteiger partial charge in [0, 0.05) is 11.6 Å². The number of nitrogens with zero attached hydrogens (tertiary/aromatic N) is 1. The van der Waals surface area contributed by atoms with Crippen molar-refractivity contribution in [2.24, 2.45) is 0 Å². The van der Waals surface area contributed by atoms with Gasteiger partial charge >= 0.3 is 0 Å². The predicted molar refractivity (Wildman–Crippen MR) is 74.9 cm³/mol. The molecule has 0 aliphatic rings. The van der Waals surface area contributed by atoms with Gasteiger partial charge in [-0.1, -0.05) is 18.2 Å². The summed E-state index contributed by atoms with van der Waals surface area (Å²) in [5.74, 6) is 1.54. The smallest absolute Gasteiger partial charge is 0.169 e. The van der Waals surface area contributed by atoms with Gasteiger partial charge in [0.2, 0.25) is 0 Å². The van der Waals surface area contributed by atoms with Crippen LogP contribution in [-0.2, 0) is 0 Å². The Kier molecular flexibility index (Phi) is 4.24. The summed E-state index contributed by atoms with van der Waals surface area (Å²) in [6.45, 7) is 1.68. The Hall–Kier alpha value is -2.51. The van der Waals surface area contributed by atoms with E-state index >= 15 is 0 Å². The van der Waals surface area contributed by atoms with Crippen LogP contribution < -0.4 is 9.47 Å². The van der Waals surface area contributed by atoms with Crippen molar-refractivity contribution < 1.29 is 14.6 Å². The topological polar surface area (TPSA) is 62.5 Å². The van der Waals surface area contributed by atoms with Gasteiger partial charge in [0.25, 0.3) is 0 Å². The highest BCUT2D eigenvalue weighted by atomic mass is 16.5. The van der Waals surface area contributed by atoms with E-state index in [1.54, 1.807) is 37.3 Å². The standard InChI is InChI=1S/C16H15NO3/c1-11(18)13-5-3-4-6-14(13)20-15-8-7-12(10-17)9-16(15)19-2/h3-9,11,18H,1-2H3/t11-/m1/s1. The molecule has 0 saturated heterocycles. The lowest BCUT2D eigenvalue weighted by Gasteiger charge is -2.15. The number of rotatable bonds is 4. The number of aliphatic hydroxyl groups is 1. The fourth-order valence-electron chi connectivity index (χ4n) is 1.86. The van der Waals surface area contributed by atoms with E-state index < -0.39 is 6.10 Å². The zero-order chi connectivity index (χ0) is 14.5. The number of methoxy groups -OCH3 is 1. The van der Waals surface area contributed by atoms with E-state index in [4.69, 9.17) is 14.7 Å². The number of nitriles is 1. The molecule has 0 spiro atoms. The van der Waals surface area contributed by atoms with Crippen molar-refractivity contribution in [1.29, 1.82) is 5.26 Å². The number of benzene rings is 2. The lowest BCUT2D eigenvalue weighted by atomic mass is 10.1. The first-order valence-corrected chi connectivity index (χ1v) is 6.18. The monoisotopic (exact) mass is 269 g/mol. The minimum atomic E-state index is -0.629. The van der Waals surface area contributed by atoms with Gasteiger partial charge in [0.05, 0.1) is 24.8 Å². The predicted octanol–water partition coefficient (Wildman–Crippen LogP) is 3.41. The summed E-state index contributed by atoms with van der Waals surface area (Å²) in [6, 6.07) is 14.2. The van der Waals surface area contributed by atoms with Crippen LogP contribution in [0.4, 0.5) is 0 Å². The Morgan fingerprint density at radius 1 is 1.10 bits per heavy atom. The summed E-state index contributed by atoms with van der Waals surface area (Å²) in [7, 11) is 1.52. The van der Waals surface area contributed by atoms with Gasteiger partial charge < -0.3 is 14.6 Å². The maximum absolute atomic E-state index is 9.74. The molecule has 2 aromatic carbocycles. The van der Waals surface area contributed by atoms with Crippen molar-refractivity contribution in [1.82, 2.24) is 0 Å². The first-order valence-electron chi connectivity index (χ1n) is 6.18. The van der Waals surface area contributed by atoms with Crippen LogP contribution >= 0.6 is 0 Å². The first-order chi connectivity index (χ1) is 9.65. The van der Waals surface area contributed by atoms with Gasteiger partial charge in [0.15, 0.2) is 11.5 Å². The molecule has 0 aromatic heterocycles. The quantitative estimate of drug-likeness (QED) is 0.923. The lowest BCUT2D eigenvalue weighted by Crippen LogP contribution is -1.97. The van der Waals surface area contributed by atoms with E-state index in [1.165, 1.54) is 7.11 Å². The van der Waals surface area contributed by atoms with Crippen LogP contribution in [0.5, 0.6) is 17.2 Å². The molecule has 0 radical (unpaired) electrons. The molecule has 0 aliphatic carbocycles. The van der Waals surface area contributed by atoms with E-state index in [1.807, 2.05) is 18.2 Å². The molecule has 20 heavy (non-hydrogen) atoms. The fourth-order valence-corrected chi connectivity index (χ4v) is 1.86. The molecule has 2 aromatic rings. The Labute approximate surface area is 117 Å². The molecule has 0 amide bonds. The van der Waals surface area contributed by atoms with Crippen molar-refractivity contribution in [2.45, 2.75) is 13.0 Å². The second-order valence-electron chi connectivity index (χ2n) is 4.29. The van der Waals surface area contributed by atoms with Gasteiger partial charge in [-0.2, -0.15) is 5.26 Å². The SMILES string of the molecule is COc1cc(C#N)ccc1Oc1ccccc1[C@@H](C)O. The van der Waals surface area contributed by atoms with Crippen LogP contribution in [0.3, 0.4) is 0 Å². The summed E-state index contributed by atoms with van der Waals surface area (Å²) in [4.78, 5) is 0. The highest BCUT2D eigenvalue weighted by molar-refractivity contribution is 5.49. The van der Waals surface area contributed by atoms with Crippen molar-refractivity contribution in [3.8, 4) is 23.3 Å². The number of para-hydroxylation sites is 1. The van der Waals surface area contributed by atoms with Gasteiger partial charge in [-0.05, 0) is 25.1 Å². The summed E-state index contributed by atoms with van der Waals surface area (Å²) >= 11 is 0. The van der Waals surface area contributed by atoms with Crippen LogP contribution in [0.1, 0.15) is 24.2 Å². The summed E-state index contributed by atoms with van der Waals surface area (Å²) in [5, 5.41) is 18.6. The van der Waals surface area contributed by atoms with E-state index in [2.05, 4.69) is 0 Å². The largest absolute Gasteiger partial charge is 0.493 e. The highest BCUT2D eigenvalue weighted by Crippen LogP contribution is 2.35. The van der Waals surface area contributed by atoms with Gasteiger partial charge in [-0.25, -0.2) is 0 Å². The summed E-state index contributed by atoms with van der Waals surface area (Å²) < 4.78 is 11.0. The van der Waals surface area contributed by atoms with Crippen LogP contribution in [0.15, 0.2) is 42.5 Å². The van der Waals surface area contributed by atoms with Crippen LogP contribution in [-0.4, -0.2) is 12.2 Å². The van der Waals surface area contributed by atoms with Crippen LogP contribution in [0, 0.1) is 11.3 Å². The van der Waals surface area contributed by atoms with Crippen molar-refractivity contribution in [3.63, 3.8) is 0 Å². The molecule has 0 bridgehead atoms. The number of hydrogen-bond donors (Lipinski definition) is 1. The molecular formula is C16H15NO3. The van der Waals surface area contributed by atoms with Gasteiger partial charge in [-0.3, -0.25) is 0 Å². The lowest BCUT2D eigenvalue weighted by molar-refractivity contribution is 0.195. The Bertz CT molecular complexity index is 644. The highest BCUT2D eigenvalue weighted by Gasteiger charge is 2.12. The van der Waals surface area contributed by atoms with Crippen LogP contribution in [0.2, 0.25) is 0 Å². The average Bonchev–Trinajstić information content (AvgIpc) is 2.48. The maximum Gasteiger partial charge on any atom is 0.169 e. The molecule has 4 heteroatoms. The molecule has 102 valence electrons. The zero-order valence-corrected chi connectivity index (χ0v) is 11.3. The zero-order valence-electron chi connectivity index (χ0n) is 11.3. The Morgan fingerprint density at radius 3 is 2.50 bits per heavy atom. The second-order valence-corrected chi connectivity index (χ2v) is 4.29. The van der Waals surface area contributed by atoms with E-state index in [0.29, 0.717) is 28.4 Å². The third-order valence-corrected chi connectivity index (χ3v) is 2.88. The van der Waals surface area contributed by atoms with Crippen molar-refractivity contribution in [2.75, 3.05) is 7.11 Å². The molecule has 0 fully saturated rings. The molecule has 0 aliphatic heterocycles. The van der Waals surface area contributed by atoms with E-state index in [0.717, 1.165) is 0 Å². The average molecular weight is 269 g/mol. The normalized spacial score (nSPS) is 11.5. The van der Waals surface area contributed by atoms with Crippen molar-refractivity contribution >= 4 is 0 Å². The molecule has 1 N–H and O–H groups in total. The molecule has 2 rings (SSSR count). The minimum absolute atomic E-state index is 0.476. The van der Waals surface area contributed by atoms with Crippen molar-refractivity contribution in [3.05, 3.63) is 53.6 Å². The third kappa shape index (κ3) is 2.90. The maximum atomic E-state index is 9.74. The molecule has 0 saturated carbocycles. The minimum Gasteiger partial charge on any atom is -0.493 e. The molecule has 0 heterocycles. The van der Waals surface area contributed by atoms with E-state index in [-0.39, 0.29) is 0 Å². The molecular weight excluding hydrogens is 254 g/mol. The number of aliphatic hydroxyl groups excluding tert-OH is 1. The Morgan fingerprint density at radius 2 is 1.85 bits per heavy atom. The first kappa shape index (κ1) is 13.9. The molecule has 0 unspecified atom stereocenters. The summed E-state index contributed by atoms with van der Waals surface area (Å²) in [5.41, 5.74) is 1.19. The molecule has 1 atom stereocenters. The fraction of sp³-hybridized carbons (Fsp3) is 0.188. The summed E-state index contributed by atoms with van der Waals surface area (Å²) in [6.07, 6.45) is -0.629. The van der Waals surface area contributed by atoms with Gasteiger partial charge in [0.1, 0.15) is 5.75 Å². The number of ether oxygens (including phenoxy) is 2. The van der Waals surface area contributed by atoms with Gasteiger partial charge in [-0.15, -0.1) is 0 Å².